The lowest BCUT2D eigenvalue weighted by atomic mass is 9.63. The Balaban J connectivity index is 2.93. The molecule has 1 aliphatic carbocycles. The van der Waals surface area contributed by atoms with Gasteiger partial charge in [-0.15, -0.1) is 0 Å². The molecule has 1 rings (SSSR count). The molecule has 0 bridgehead atoms. The highest BCUT2D eigenvalue weighted by atomic mass is 14.5. The van der Waals surface area contributed by atoms with Gasteiger partial charge in [-0.1, -0.05) is 38.8 Å². The molecule has 14 heavy (non-hydrogen) atoms. The van der Waals surface area contributed by atoms with E-state index >= 15 is 0 Å². The first-order valence-corrected chi connectivity index (χ1v) is 5.63. The highest BCUT2D eigenvalue weighted by Gasteiger charge is 2.35. The molecule has 0 aromatic heterocycles. The van der Waals surface area contributed by atoms with Crippen LogP contribution in [-0.4, -0.2) is 6.54 Å². The smallest absolute Gasteiger partial charge is 0.0136 e. The van der Waals surface area contributed by atoms with Gasteiger partial charge < -0.3 is 5.73 Å². The Morgan fingerprint density at radius 3 is 1.93 bits per heavy atom. The lowest BCUT2D eigenvalue weighted by Crippen LogP contribution is -2.30. The third kappa shape index (κ3) is 2.84. The maximum absolute atomic E-state index is 5.72. The Hall–Kier alpha value is -0.300. The molecule has 1 fully saturated rings. The average molecular weight is 195 g/mol. The SMILES string of the molecule is CC(CN)=C1CC(C)(C)CC(C)(C)C1. The second kappa shape index (κ2) is 3.69. The van der Waals surface area contributed by atoms with E-state index in [1.165, 1.54) is 24.8 Å². The van der Waals surface area contributed by atoms with Gasteiger partial charge in [0.2, 0.25) is 0 Å². The van der Waals surface area contributed by atoms with E-state index in [1.54, 1.807) is 5.57 Å². The van der Waals surface area contributed by atoms with Crippen molar-refractivity contribution in [2.24, 2.45) is 16.6 Å². The van der Waals surface area contributed by atoms with E-state index in [0.29, 0.717) is 10.8 Å². The molecule has 0 aromatic rings. The monoisotopic (exact) mass is 195 g/mol. The van der Waals surface area contributed by atoms with Gasteiger partial charge in [0.05, 0.1) is 0 Å². The van der Waals surface area contributed by atoms with Crippen molar-refractivity contribution in [3.8, 4) is 0 Å². The van der Waals surface area contributed by atoms with Crippen LogP contribution in [0.5, 0.6) is 0 Å². The zero-order chi connectivity index (χ0) is 11.0. The molecule has 0 amide bonds. The number of hydrogen-bond acceptors (Lipinski definition) is 1. The van der Waals surface area contributed by atoms with Crippen molar-refractivity contribution in [1.82, 2.24) is 0 Å². The van der Waals surface area contributed by atoms with E-state index in [1.807, 2.05) is 0 Å². The summed E-state index contributed by atoms with van der Waals surface area (Å²) in [6, 6.07) is 0. The minimum absolute atomic E-state index is 0.452. The molecule has 0 atom stereocenters. The Labute approximate surface area is 88.8 Å². The summed E-state index contributed by atoms with van der Waals surface area (Å²) < 4.78 is 0. The van der Waals surface area contributed by atoms with Crippen molar-refractivity contribution in [3.05, 3.63) is 11.1 Å². The van der Waals surface area contributed by atoms with Crippen molar-refractivity contribution >= 4 is 0 Å². The average Bonchev–Trinajstić information content (AvgIpc) is 1.97. The van der Waals surface area contributed by atoms with Gasteiger partial charge >= 0.3 is 0 Å². The van der Waals surface area contributed by atoms with E-state index in [-0.39, 0.29) is 0 Å². The standard InChI is InChI=1S/C13H25N/c1-10(8-14)11-6-12(2,3)9-13(4,5)7-11/h6-9,14H2,1-5H3. The van der Waals surface area contributed by atoms with Crippen molar-refractivity contribution < 1.29 is 0 Å². The molecule has 0 saturated heterocycles. The van der Waals surface area contributed by atoms with Crippen LogP contribution in [0.3, 0.4) is 0 Å². The molecule has 0 heterocycles. The van der Waals surface area contributed by atoms with Crippen LogP contribution < -0.4 is 5.73 Å². The quantitative estimate of drug-likeness (QED) is 0.637. The molecule has 0 unspecified atom stereocenters. The minimum atomic E-state index is 0.452. The van der Waals surface area contributed by atoms with E-state index in [4.69, 9.17) is 5.73 Å². The summed E-state index contributed by atoms with van der Waals surface area (Å²) in [4.78, 5) is 0. The third-order valence-corrected chi connectivity index (χ3v) is 3.25. The number of allylic oxidation sites excluding steroid dienone is 1. The predicted molar refractivity (Wildman–Crippen MR) is 63.2 cm³/mol. The zero-order valence-corrected chi connectivity index (χ0v) is 10.4. The lowest BCUT2D eigenvalue weighted by molar-refractivity contribution is 0.153. The van der Waals surface area contributed by atoms with E-state index < -0.39 is 0 Å². The van der Waals surface area contributed by atoms with Crippen LogP contribution in [-0.2, 0) is 0 Å². The van der Waals surface area contributed by atoms with Gasteiger partial charge in [-0.2, -0.15) is 0 Å². The zero-order valence-electron chi connectivity index (χ0n) is 10.4. The van der Waals surface area contributed by atoms with Gasteiger partial charge in [0.15, 0.2) is 0 Å². The van der Waals surface area contributed by atoms with Crippen LogP contribution in [0, 0.1) is 10.8 Å². The molecular formula is C13H25N. The van der Waals surface area contributed by atoms with Crippen molar-refractivity contribution in [2.45, 2.75) is 53.9 Å². The fraction of sp³-hybridized carbons (Fsp3) is 0.846. The van der Waals surface area contributed by atoms with E-state index in [9.17, 15) is 0 Å². The van der Waals surface area contributed by atoms with Crippen LogP contribution >= 0.6 is 0 Å². The van der Waals surface area contributed by atoms with Crippen molar-refractivity contribution in [3.63, 3.8) is 0 Å². The van der Waals surface area contributed by atoms with Crippen LogP contribution in [0.15, 0.2) is 11.1 Å². The molecule has 1 nitrogen and oxygen atoms in total. The van der Waals surface area contributed by atoms with Crippen LogP contribution in [0.2, 0.25) is 0 Å². The molecule has 0 radical (unpaired) electrons. The number of hydrogen-bond donors (Lipinski definition) is 1. The largest absolute Gasteiger partial charge is 0.327 e. The fourth-order valence-corrected chi connectivity index (χ4v) is 3.08. The van der Waals surface area contributed by atoms with Gasteiger partial charge in [0.1, 0.15) is 0 Å². The summed E-state index contributed by atoms with van der Waals surface area (Å²) in [5.41, 5.74) is 9.64. The first-order valence-electron chi connectivity index (χ1n) is 5.63. The van der Waals surface area contributed by atoms with E-state index in [2.05, 4.69) is 34.6 Å². The Kier molecular flexibility index (Phi) is 3.10. The summed E-state index contributed by atoms with van der Waals surface area (Å²) in [5.74, 6) is 0. The molecule has 0 aromatic carbocycles. The highest BCUT2D eigenvalue weighted by molar-refractivity contribution is 5.19. The summed E-state index contributed by atoms with van der Waals surface area (Å²) >= 11 is 0. The van der Waals surface area contributed by atoms with Gasteiger partial charge in [-0.25, -0.2) is 0 Å². The Morgan fingerprint density at radius 2 is 1.57 bits per heavy atom. The number of rotatable bonds is 1. The summed E-state index contributed by atoms with van der Waals surface area (Å²) in [7, 11) is 0. The lowest BCUT2D eigenvalue weighted by Gasteiger charge is -2.42. The topological polar surface area (TPSA) is 26.0 Å². The van der Waals surface area contributed by atoms with Crippen LogP contribution in [0.25, 0.3) is 0 Å². The molecule has 1 aliphatic rings. The molecular weight excluding hydrogens is 170 g/mol. The molecule has 82 valence electrons. The van der Waals surface area contributed by atoms with E-state index in [0.717, 1.165) is 6.54 Å². The van der Waals surface area contributed by atoms with Crippen molar-refractivity contribution in [2.75, 3.05) is 6.54 Å². The predicted octanol–water partition coefficient (Wildman–Crippen LogP) is 3.50. The van der Waals surface area contributed by atoms with Gasteiger partial charge in [0.25, 0.3) is 0 Å². The van der Waals surface area contributed by atoms with Gasteiger partial charge in [0, 0.05) is 6.54 Å². The first kappa shape index (κ1) is 11.8. The normalized spacial score (nSPS) is 24.9. The third-order valence-electron chi connectivity index (χ3n) is 3.25. The molecule has 1 heteroatoms. The highest BCUT2D eigenvalue weighted by Crippen LogP contribution is 2.48. The van der Waals surface area contributed by atoms with Gasteiger partial charge in [-0.3, -0.25) is 0 Å². The Bertz CT molecular complexity index is 228. The summed E-state index contributed by atoms with van der Waals surface area (Å²) in [5, 5.41) is 0. The molecule has 0 aliphatic heterocycles. The first-order chi connectivity index (χ1) is 6.26. The molecule has 0 spiro atoms. The Morgan fingerprint density at radius 1 is 1.14 bits per heavy atom. The maximum Gasteiger partial charge on any atom is 0.0136 e. The van der Waals surface area contributed by atoms with Crippen LogP contribution in [0.4, 0.5) is 0 Å². The fourth-order valence-electron chi connectivity index (χ4n) is 3.08. The minimum Gasteiger partial charge on any atom is -0.327 e. The number of nitrogens with two attached hydrogens (primary N) is 1. The van der Waals surface area contributed by atoms with Crippen LogP contribution in [0.1, 0.15) is 53.9 Å². The summed E-state index contributed by atoms with van der Waals surface area (Å²) in [6.45, 7) is 12.4. The molecule has 2 N–H and O–H groups in total. The van der Waals surface area contributed by atoms with Crippen molar-refractivity contribution in [1.29, 1.82) is 0 Å². The maximum atomic E-state index is 5.72. The van der Waals surface area contributed by atoms with Gasteiger partial charge in [-0.05, 0) is 37.0 Å². The second-order valence-corrected chi connectivity index (χ2v) is 6.45. The molecule has 1 saturated carbocycles. The summed E-state index contributed by atoms with van der Waals surface area (Å²) in [6.07, 6.45) is 3.79. The second-order valence-electron chi connectivity index (χ2n) is 6.45.